The van der Waals surface area contributed by atoms with Crippen molar-refractivity contribution in [1.82, 2.24) is 15.0 Å². The molecule has 17 heavy (non-hydrogen) atoms. The summed E-state index contributed by atoms with van der Waals surface area (Å²) < 4.78 is 1.01. The molecule has 0 unspecified atom stereocenters. The molecule has 0 bridgehead atoms. The lowest BCUT2D eigenvalue weighted by atomic mass is 10.3. The summed E-state index contributed by atoms with van der Waals surface area (Å²) in [6, 6.07) is 3.93. The maximum Gasteiger partial charge on any atom is 0.194 e. The van der Waals surface area contributed by atoms with Crippen LogP contribution in [0.4, 0.5) is 0 Å². The third-order valence-corrected chi connectivity index (χ3v) is 4.33. The smallest absolute Gasteiger partial charge is 0.194 e. The minimum Gasteiger partial charge on any atom is -0.248 e. The second-order valence-corrected chi connectivity index (χ2v) is 5.53. The lowest BCUT2D eigenvalue weighted by Crippen LogP contribution is -1.94. The van der Waals surface area contributed by atoms with Gasteiger partial charge in [0.25, 0.3) is 0 Å². The first-order valence-corrected chi connectivity index (χ1v) is 6.78. The number of rotatable bonds is 2. The standard InChI is InChI=1S/C12H12BrN3S/c1-7-4-5-14-11(10(7)13)17-12-15-8(2)6-9(3)16-12/h4-6H,1-3H3. The summed E-state index contributed by atoms with van der Waals surface area (Å²) in [5.74, 6) is 0. The van der Waals surface area contributed by atoms with Crippen molar-refractivity contribution in [2.45, 2.75) is 31.0 Å². The van der Waals surface area contributed by atoms with E-state index in [-0.39, 0.29) is 0 Å². The number of hydrogen-bond acceptors (Lipinski definition) is 4. The molecule has 0 fully saturated rings. The Hall–Kier alpha value is -0.940. The predicted octanol–water partition coefficient (Wildman–Crippen LogP) is 3.71. The molecule has 0 spiro atoms. The minimum atomic E-state index is 0.737. The van der Waals surface area contributed by atoms with Gasteiger partial charge in [-0.2, -0.15) is 0 Å². The van der Waals surface area contributed by atoms with Crippen LogP contribution in [0.15, 0.2) is 33.0 Å². The van der Waals surface area contributed by atoms with E-state index in [0.29, 0.717) is 0 Å². The molecular weight excluding hydrogens is 298 g/mol. The molecule has 0 saturated heterocycles. The summed E-state index contributed by atoms with van der Waals surface area (Å²) in [5, 5.41) is 1.64. The highest BCUT2D eigenvalue weighted by Gasteiger charge is 2.08. The number of aryl methyl sites for hydroxylation is 3. The van der Waals surface area contributed by atoms with Gasteiger partial charge in [-0.1, -0.05) is 0 Å². The average molecular weight is 310 g/mol. The van der Waals surface area contributed by atoms with E-state index in [2.05, 4.69) is 30.9 Å². The fourth-order valence-corrected chi connectivity index (χ4v) is 2.81. The van der Waals surface area contributed by atoms with Crippen LogP contribution in [0, 0.1) is 20.8 Å². The maximum absolute atomic E-state index is 4.39. The number of aromatic nitrogens is 3. The molecule has 88 valence electrons. The Morgan fingerprint density at radius 2 is 1.76 bits per heavy atom. The van der Waals surface area contributed by atoms with Crippen molar-refractivity contribution in [2.24, 2.45) is 0 Å². The lowest BCUT2D eigenvalue weighted by Gasteiger charge is -2.05. The monoisotopic (exact) mass is 309 g/mol. The zero-order valence-corrected chi connectivity index (χ0v) is 12.3. The fourth-order valence-electron chi connectivity index (χ4n) is 1.41. The number of nitrogens with zero attached hydrogens (tertiary/aromatic N) is 3. The summed E-state index contributed by atoms with van der Waals surface area (Å²) in [6.45, 7) is 5.98. The Labute approximate surface area is 113 Å². The molecule has 0 atom stereocenters. The molecular formula is C12H12BrN3S. The van der Waals surface area contributed by atoms with E-state index in [0.717, 1.165) is 31.6 Å². The van der Waals surface area contributed by atoms with Crippen LogP contribution in [-0.2, 0) is 0 Å². The molecule has 0 aromatic carbocycles. The van der Waals surface area contributed by atoms with Crippen LogP contribution in [0.1, 0.15) is 17.0 Å². The van der Waals surface area contributed by atoms with Crippen molar-refractivity contribution in [3.8, 4) is 0 Å². The maximum atomic E-state index is 4.39. The molecule has 3 nitrogen and oxygen atoms in total. The van der Waals surface area contributed by atoms with Crippen molar-refractivity contribution >= 4 is 27.7 Å². The Morgan fingerprint density at radius 3 is 2.41 bits per heavy atom. The molecule has 0 aliphatic rings. The van der Waals surface area contributed by atoms with E-state index >= 15 is 0 Å². The minimum absolute atomic E-state index is 0.737. The highest BCUT2D eigenvalue weighted by Crippen LogP contribution is 2.31. The molecule has 2 aromatic heterocycles. The van der Waals surface area contributed by atoms with Gasteiger partial charge in [-0.15, -0.1) is 0 Å². The first-order chi connectivity index (χ1) is 8.06. The molecule has 2 heterocycles. The van der Waals surface area contributed by atoms with Gasteiger partial charge in [-0.25, -0.2) is 15.0 Å². The van der Waals surface area contributed by atoms with Crippen LogP contribution in [0.25, 0.3) is 0 Å². The summed E-state index contributed by atoms with van der Waals surface area (Å²) >= 11 is 5.01. The Kier molecular flexibility index (Phi) is 3.79. The number of pyridine rings is 1. The van der Waals surface area contributed by atoms with Gasteiger partial charge in [-0.3, -0.25) is 0 Å². The van der Waals surface area contributed by atoms with Crippen molar-refractivity contribution in [2.75, 3.05) is 0 Å². The van der Waals surface area contributed by atoms with Crippen LogP contribution >= 0.6 is 27.7 Å². The highest BCUT2D eigenvalue weighted by molar-refractivity contribution is 9.10. The van der Waals surface area contributed by atoms with Crippen molar-refractivity contribution in [3.05, 3.63) is 39.8 Å². The van der Waals surface area contributed by atoms with Gasteiger partial charge in [0.1, 0.15) is 5.03 Å². The zero-order chi connectivity index (χ0) is 12.4. The van der Waals surface area contributed by atoms with E-state index in [4.69, 9.17) is 0 Å². The SMILES string of the molecule is Cc1cc(C)nc(Sc2nccc(C)c2Br)n1. The first kappa shape index (κ1) is 12.5. The van der Waals surface area contributed by atoms with Gasteiger partial charge in [0.2, 0.25) is 0 Å². The molecule has 0 radical (unpaired) electrons. The fraction of sp³-hybridized carbons (Fsp3) is 0.250. The topological polar surface area (TPSA) is 38.7 Å². The first-order valence-electron chi connectivity index (χ1n) is 5.17. The molecule has 0 aliphatic heterocycles. The highest BCUT2D eigenvalue weighted by atomic mass is 79.9. The second-order valence-electron chi connectivity index (χ2n) is 3.78. The third-order valence-electron chi connectivity index (χ3n) is 2.20. The molecule has 2 aromatic rings. The summed E-state index contributed by atoms with van der Waals surface area (Å²) in [7, 11) is 0. The van der Waals surface area contributed by atoms with Crippen molar-refractivity contribution in [3.63, 3.8) is 0 Å². The third kappa shape index (κ3) is 3.04. The quantitative estimate of drug-likeness (QED) is 0.793. The van der Waals surface area contributed by atoms with Gasteiger partial charge >= 0.3 is 0 Å². The summed E-state index contributed by atoms with van der Waals surface area (Å²) in [5.41, 5.74) is 3.11. The van der Waals surface area contributed by atoms with E-state index < -0.39 is 0 Å². The van der Waals surface area contributed by atoms with Gasteiger partial charge < -0.3 is 0 Å². The molecule has 0 saturated carbocycles. The lowest BCUT2D eigenvalue weighted by molar-refractivity contribution is 0.897. The summed E-state index contributed by atoms with van der Waals surface area (Å²) in [6.07, 6.45) is 1.80. The van der Waals surface area contributed by atoms with E-state index in [1.54, 1.807) is 6.20 Å². The van der Waals surface area contributed by atoms with Crippen LogP contribution in [0.5, 0.6) is 0 Å². The van der Waals surface area contributed by atoms with E-state index in [9.17, 15) is 0 Å². The summed E-state index contributed by atoms with van der Waals surface area (Å²) in [4.78, 5) is 13.1. The van der Waals surface area contributed by atoms with Crippen LogP contribution in [0.2, 0.25) is 0 Å². The Bertz CT molecular complexity index is 537. The van der Waals surface area contributed by atoms with E-state index in [1.165, 1.54) is 11.8 Å². The van der Waals surface area contributed by atoms with Crippen LogP contribution in [0.3, 0.4) is 0 Å². The molecule has 2 rings (SSSR count). The van der Waals surface area contributed by atoms with Gasteiger partial charge in [0.15, 0.2) is 5.16 Å². The molecule has 0 N–H and O–H groups in total. The number of hydrogen-bond donors (Lipinski definition) is 0. The normalized spacial score (nSPS) is 10.6. The molecule has 5 heteroatoms. The number of halogens is 1. The second kappa shape index (κ2) is 5.14. The Balaban J connectivity index is 2.34. The Morgan fingerprint density at radius 1 is 1.12 bits per heavy atom. The van der Waals surface area contributed by atoms with Gasteiger partial charge in [0, 0.05) is 17.6 Å². The van der Waals surface area contributed by atoms with Crippen molar-refractivity contribution < 1.29 is 0 Å². The van der Waals surface area contributed by atoms with Gasteiger partial charge in [-0.05, 0) is 66.2 Å². The van der Waals surface area contributed by atoms with Crippen LogP contribution < -0.4 is 0 Å². The van der Waals surface area contributed by atoms with E-state index in [1.807, 2.05) is 32.9 Å². The van der Waals surface area contributed by atoms with Crippen molar-refractivity contribution in [1.29, 1.82) is 0 Å². The average Bonchev–Trinajstić information content (AvgIpc) is 2.23. The van der Waals surface area contributed by atoms with Gasteiger partial charge in [0.05, 0.1) is 4.47 Å². The zero-order valence-electron chi connectivity index (χ0n) is 9.86. The molecule has 0 amide bonds. The molecule has 0 aliphatic carbocycles. The van der Waals surface area contributed by atoms with Crippen LogP contribution in [-0.4, -0.2) is 15.0 Å². The largest absolute Gasteiger partial charge is 0.248 e. The predicted molar refractivity (Wildman–Crippen MR) is 72.3 cm³/mol.